The highest BCUT2D eigenvalue weighted by molar-refractivity contribution is 6.03. The Balaban J connectivity index is 1.48. The molecule has 4 aromatic carbocycles. The van der Waals surface area contributed by atoms with Gasteiger partial charge in [-0.1, -0.05) is 54.6 Å². The summed E-state index contributed by atoms with van der Waals surface area (Å²) in [6.07, 6.45) is 3.24. The Kier molecular flexibility index (Phi) is 6.33. The summed E-state index contributed by atoms with van der Waals surface area (Å²) in [4.78, 5) is 17.4. The van der Waals surface area contributed by atoms with Crippen LogP contribution < -0.4 is 11.1 Å². The summed E-state index contributed by atoms with van der Waals surface area (Å²) in [6.45, 7) is 2.08. The molecule has 0 fully saturated rings. The topological polar surface area (TPSA) is 72.9 Å². The Labute approximate surface area is 208 Å². The zero-order valence-electron chi connectivity index (χ0n) is 19.7. The summed E-state index contributed by atoms with van der Waals surface area (Å²) in [6, 6.07) is 29.4. The molecular weight excluding hydrogens is 451 g/mol. The molecule has 1 amide bonds. The van der Waals surface area contributed by atoms with Gasteiger partial charge >= 0.3 is 0 Å². The van der Waals surface area contributed by atoms with Crippen molar-refractivity contribution in [3.63, 3.8) is 0 Å². The van der Waals surface area contributed by atoms with E-state index in [1.807, 2.05) is 60.7 Å². The Morgan fingerprint density at radius 1 is 0.972 bits per heavy atom. The molecule has 6 heteroatoms. The summed E-state index contributed by atoms with van der Waals surface area (Å²) in [5.74, 6) is 0.264. The van der Waals surface area contributed by atoms with E-state index in [2.05, 4.69) is 16.8 Å². The highest BCUT2D eigenvalue weighted by atomic mass is 19.1. The highest BCUT2D eigenvalue weighted by Crippen LogP contribution is 2.32. The molecule has 36 heavy (non-hydrogen) atoms. The van der Waals surface area contributed by atoms with E-state index in [-0.39, 0.29) is 17.8 Å². The largest absolute Gasteiger partial charge is 0.397 e. The van der Waals surface area contributed by atoms with Crippen LogP contribution in [-0.4, -0.2) is 15.5 Å². The number of aromatic nitrogens is 2. The lowest BCUT2D eigenvalue weighted by molar-refractivity contribution is -0.111. The number of carbonyl (C=O) groups is 1. The van der Waals surface area contributed by atoms with Crippen molar-refractivity contribution in [1.82, 2.24) is 9.55 Å². The number of benzene rings is 4. The average Bonchev–Trinajstić information content (AvgIpc) is 3.29. The average molecular weight is 477 g/mol. The second-order valence-electron chi connectivity index (χ2n) is 8.56. The van der Waals surface area contributed by atoms with E-state index in [0.717, 1.165) is 33.5 Å². The number of nitrogens with zero attached hydrogens (tertiary/aromatic N) is 2. The van der Waals surface area contributed by atoms with Crippen molar-refractivity contribution < 1.29 is 9.18 Å². The van der Waals surface area contributed by atoms with Crippen LogP contribution in [0.2, 0.25) is 0 Å². The van der Waals surface area contributed by atoms with Gasteiger partial charge in [-0.15, -0.1) is 0 Å². The zero-order valence-corrected chi connectivity index (χ0v) is 19.7. The van der Waals surface area contributed by atoms with Gasteiger partial charge in [-0.05, 0) is 66.6 Å². The molecule has 0 saturated heterocycles. The predicted octanol–water partition coefficient (Wildman–Crippen LogP) is 6.69. The molecule has 0 radical (unpaired) electrons. The molecule has 1 aromatic heterocycles. The van der Waals surface area contributed by atoms with Gasteiger partial charge in [-0.25, -0.2) is 9.37 Å². The Morgan fingerprint density at radius 2 is 1.72 bits per heavy atom. The maximum absolute atomic E-state index is 13.5. The molecule has 0 spiro atoms. The van der Waals surface area contributed by atoms with E-state index in [4.69, 9.17) is 10.7 Å². The molecule has 0 aliphatic heterocycles. The number of amides is 1. The molecule has 178 valence electrons. The Hall–Kier alpha value is -4.71. The number of nitrogens with two attached hydrogens (primary N) is 1. The Bertz CT molecular complexity index is 1570. The number of imidazole rings is 1. The number of fused-ring (bicyclic) bond motifs is 1. The number of hydrogen-bond acceptors (Lipinski definition) is 3. The molecule has 1 unspecified atom stereocenters. The van der Waals surface area contributed by atoms with Gasteiger partial charge in [0.25, 0.3) is 0 Å². The normalized spacial score (nSPS) is 12.2. The van der Waals surface area contributed by atoms with E-state index in [1.54, 1.807) is 30.3 Å². The molecule has 0 bridgehead atoms. The maximum atomic E-state index is 13.5. The molecule has 0 aliphatic rings. The van der Waals surface area contributed by atoms with Crippen LogP contribution in [0.4, 0.5) is 15.8 Å². The fourth-order valence-corrected chi connectivity index (χ4v) is 4.27. The second-order valence-corrected chi connectivity index (χ2v) is 8.56. The molecule has 0 saturated carbocycles. The van der Waals surface area contributed by atoms with Gasteiger partial charge < -0.3 is 15.6 Å². The van der Waals surface area contributed by atoms with Crippen molar-refractivity contribution >= 4 is 34.4 Å². The first-order valence-corrected chi connectivity index (χ1v) is 11.7. The molecule has 1 atom stereocenters. The number of anilines is 2. The monoisotopic (exact) mass is 476 g/mol. The van der Waals surface area contributed by atoms with Crippen molar-refractivity contribution in [3.8, 4) is 11.4 Å². The third-order valence-electron chi connectivity index (χ3n) is 6.13. The van der Waals surface area contributed by atoms with Crippen LogP contribution in [0.15, 0.2) is 103 Å². The fourth-order valence-electron chi connectivity index (χ4n) is 4.27. The van der Waals surface area contributed by atoms with Crippen molar-refractivity contribution in [2.75, 3.05) is 11.1 Å². The van der Waals surface area contributed by atoms with Crippen molar-refractivity contribution in [2.24, 2.45) is 0 Å². The van der Waals surface area contributed by atoms with Crippen LogP contribution in [0.5, 0.6) is 0 Å². The number of para-hydroxylation sites is 4. The molecule has 3 N–H and O–H groups in total. The van der Waals surface area contributed by atoms with Crippen molar-refractivity contribution in [1.29, 1.82) is 0 Å². The fraction of sp³-hybridized carbons (Fsp3) is 0.0667. The van der Waals surface area contributed by atoms with Crippen LogP contribution in [0.25, 0.3) is 28.5 Å². The summed E-state index contributed by atoms with van der Waals surface area (Å²) in [7, 11) is 0. The zero-order chi connectivity index (χ0) is 25.1. The lowest BCUT2D eigenvalue weighted by Gasteiger charge is -2.18. The molecular formula is C30H25FN4O. The van der Waals surface area contributed by atoms with E-state index in [0.29, 0.717) is 11.4 Å². The number of carbonyl (C=O) groups excluding carboxylic acids is 1. The number of nitrogens with one attached hydrogen (secondary N) is 1. The smallest absolute Gasteiger partial charge is 0.248 e. The van der Waals surface area contributed by atoms with Crippen LogP contribution in [0.3, 0.4) is 0 Å². The van der Waals surface area contributed by atoms with Crippen molar-refractivity contribution in [2.45, 2.75) is 13.0 Å². The number of halogens is 1. The molecule has 0 aliphatic carbocycles. The van der Waals surface area contributed by atoms with Gasteiger partial charge in [0, 0.05) is 11.6 Å². The SMILES string of the molecule is CC(c1ccc(F)cc1)n1c(-c2cccc(C=CC(=O)Nc3ccccc3N)c2)nc2ccccc21. The van der Waals surface area contributed by atoms with Crippen LogP contribution >= 0.6 is 0 Å². The molecule has 5 nitrogen and oxygen atoms in total. The van der Waals surface area contributed by atoms with Gasteiger partial charge in [0.15, 0.2) is 0 Å². The van der Waals surface area contributed by atoms with E-state index < -0.39 is 0 Å². The minimum atomic E-state index is -0.268. The lowest BCUT2D eigenvalue weighted by Crippen LogP contribution is -2.09. The molecule has 5 rings (SSSR count). The summed E-state index contributed by atoms with van der Waals surface area (Å²) < 4.78 is 15.7. The first kappa shape index (κ1) is 23.1. The standard InChI is InChI=1S/C30H25FN4O/c1-20(22-14-16-24(31)17-15-22)35-28-12-5-4-11-27(28)34-30(35)23-8-6-7-21(19-23)13-18-29(36)33-26-10-3-2-9-25(26)32/h2-20H,32H2,1H3,(H,33,36). The number of rotatable bonds is 6. The van der Waals surface area contributed by atoms with Crippen LogP contribution in [0.1, 0.15) is 24.1 Å². The van der Waals surface area contributed by atoms with E-state index in [9.17, 15) is 9.18 Å². The van der Waals surface area contributed by atoms with Gasteiger partial charge in [-0.3, -0.25) is 4.79 Å². The minimum Gasteiger partial charge on any atom is -0.397 e. The van der Waals surface area contributed by atoms with Gasteiger partial charge in [0.1, 0.15) is 11.6 Å². The van der Waals surface area contributed by atoms with Crippen LogP contribution in [0, 0.1) is 5.82 Å². The third kappa shape index (κ3) is 4.74. The third-order valence-corrected chi connectivity index (χ3v) is 6.13. The maximum Gasteiger partial charge on any atom is 0.248 e. The van der Waals surface area contributed by atoms with Gasteiger partial charge in [0.2, 0.25) is 5.91 Å². The molecule has 1 heterocycles. The van der Waals surface area contributed by atoms with Crippen LogP contribution in [-0.2, 0) is 4.79 Å². The number of hydrogen-bond donors (Lipinski definition) is 2. The van der Waals surface area contributed by atoms with Crippen molar-refractivity contribution in [3.05, 3.63) is 120 Å². The van der Waals surface area contributed by atoms with E-state index in [1.165, 1.54) is 18.2 Å². The summed E-state index contributed by atoms with van der Waals surface area (Å²) in [5.41, 5.74) is 11.6. The van der Waals surface area contributed by atoms with Gasteiger partial charge in [-0.2, -0.15) is 0 Å². The predicted molar refractivity (Wildman–Crippen MR) is 144 cm³/mol. The summed E-state index contributed by atoms with van der Waals surface area (Å²) in [5, 5.41) is 2.80. The second kappa shape index (κ2) is 9.88. The van der Waals surface area contributed by atoms with Gasteiger partial charge in [0.05, 0.1) is 28.5 Å². The summed E-state index contributed by atoms with van der Waals surface area (Å²) >= 11 is 0. The first-order chi connectivity index (χ1) is 17.5. The lowest BCUT2D eigenvalue weighted by atomic mass is 10.1. The quantitative estimate of drug-likeness (QED) is 0.212. The Morgan fingerprint density at radius 3 is 2.53 bits per heavy atom. The minimum absolute atomic E-state index is 0.0747. The first-order valence-electron chi connectivity index (χ1n) is 11.7. The van der Waals surface area contributed by atoms with E-state index >= 15 is 0 Å². The highest BCUT2D eigenvalue weighted by Gasteiger charge is 2.18. The number of nitrogen functional groups attached to an aromatic ring is 1. The molecule has 5 aromatic rings.